The van der Waals surface area contributed by atoms with E-state index in [0.29, 0.717) is 12.8 Å². The Morgan fingerprint density at radius 3 is 1.80 bits per heavy atom. The van der Waals surface area contributed by atoms with E-state index in [1.54, 1.807) is 6.92 Å². The van der Waals surface area contributed by atoms with Gasteiger partial charge in [0.2, 0.25) is 5.91 Å². The molecule has 4 N–H and O–H groups in total. The summed E-state index contributed by atoms with van der Waals surface area (Å²) in [4.78, 5) is 44.7. The Bertz CT molecular complexity index is 1020. The highest BCUT2D eigenvalue weighted by molar-refractivity contribution is 7.47. The van der Waals surface area contributed by atoms with Crippen molar-refractivity contribution in [3.63, 3.8) is 0 Å². The molecule has 0 aromatic rings. The van der Waals surface area contributed by atoms with E-state index in [1.165, 1.54) is 0 Å². The first kappa shape index (κ1) is 43.2. The number of aliphatic hydroxyl groups is 1. The number of ether oxygens (including phenoxy) is 1. The van der Waals surface area contributed by atoms with Crippen LogP contribution in [-0.4, -0.2) is 64.9 Å². The highest BCUT2D eigenvalue weighted by Gasteiger charge is 2.28. The first-order valence-corrected chi connectivity index (χ1v) is 17.8. The summed E-state index contributed by atoms with van der Waals surface area (Å²) in [6.07, 6.45) is 31.6. The lowest BCUT2D eigenvalue weighted by molar-refractivity contribution is -0.147. The van der Waals surface area contributed by atoms with Crippen molar-refractivity contribution < 1.29 is 47.8 Å². The molecule has 0 aromatic carbocycles. The van der Waals surface area contributed by atoms with Gasteiger partial charge in [-0.3, -0.25) is 18.6 Å². The number of amides is 1. The Hall–Kier alpha value is -2.82. The number of esters is 1. The lowest BCUT2D eigenvalue weighted by atomic mass is 10.1. The first-order chi connectivity index (χ1) is 22.1. The van der Waals surface area contributed by atoms with Gasteiger partial charge in [-0.25, -0.2) is 9.36 Å². The quantitative estimate of drug-likeness (QED) is 0.0285. The second-order valence-electron chi connectivity index (χ2n) is 10.6. The monoisotopic (exact) mass is 669 g/mol. The van der Waals surface area contributed by atoms with Crippen LogP contribution < -0.4 is 5.32 Å². The van der Waals surface area contributed by atoms with Crippen molar-refractivity contribution >= 4 is 25.7 Å². The van der Waals surface area contributed by atoms with Crippen molar-refractivity contribution in [2.75, 3.05) is 19.8 Å². The predicted octanol–water partition coefficient (Wildman–Crippen LogP) is 6.88. The maximum atomic E-state index is 12.2. The zero-order valence-corrected chi connectivity index (χ0v) is 28.5. The summed E-state index contributed by atoms with van der Waals surface area (Å²) in [6, 6.07) is -1.56. The lowest BCUT2D eigenvalue weighted by Crippen LogP contribution is -2.43. The summed E-state index contributed by atoms with van der Waals surface area (Å²) in [6.45, 7) is 1.99. The van der Waals surface area contributed by atoms with Gasteiger partial charge in [-0.2, -0.15) is 0 Å². The topological polar surface area (TPSA) is 169 Å². The first-order valence-electron chi connectivity index (χ1n) is 16.3. The van der Waals surface area contributed by atoms with Crippen molar-refractivity contribution in [3.05, 3.63) is 60.8 Å². The number of aliphatic carboxylic acids is 1. The Morgan fingerprint density at radius 1 is 0.717 bits per heavy atom. The Balaban J connectivity index is 3.97. The minimum atomic E-state index is -4.73. The second-order valence-corrected chi connectivity index (χ2v) is 12.1. The number of carbonyl (C=O) groups is 3. The van der Waals surface area contributed by atoms with E-state index in [1.807, 2.05) is 0 Å². The van der Waals surface area contributed by atoms with E-state index >= 15 is 0 Å². The zero-order chi connectivity index (χ0) is 34.3. The van der Waals surface area contributed by atoms with Crippen LogP contribution in [0, 0.1) is 0 Å². The number of aliphatic hydroxyl groups excluding tert-OH is 1. The zero-order valence-electron chi connectivity index (χ0n) is 27.6. The Kier molecular flexibility index (Phi) is 27.8. The number of hydrogen-bond acceptors (Lipinski definition) is 8. The van der Waals surface area contributed by atoms with Gasteiger partial charge < -0.3 is 25.2 Å². The minimum Gasteiger partial charge on any atom is -0.480 e. The van der Waals surface area contributed by atoms with Crippen LogP contribution in [0.25, 0.3) is 0 Å². The molecule has 0 aliphatic heterocycles. The average Bonchev–Trinajstić information content (AvgIpc) is 3.01. The van der Waals surface area contributed by atoms with Crippen molar-refractivity contribution in [1.29, 1.82) is 0 Å². The summed E-state index contributed by atoms with van der Waals surface area (Å²) in [5.41, 5.74) is 0. The van der Waals surface area contributed by atoms with Gasteiger partial charge in [-0.05, 0) is 57.8 Å². The van der Waals surface area contributed by atoms with Crippen LogP contribution >= 0.6 is 7.82 Å². The summed E-state index contributed by atoms with van der Waals surface area (Å²) in [5, 5.41) is 21.3. The summed E-state index contributed by atoms with van der Waals surface area (Å²) < 4.78 is 26.1. The molecule has 0 fully saturated rings. The molecule has 0 saturated heterocycles. The molecule has 0 rings (SSSR count). The molecule has 3 atom stereocenters. The Labute approximate surface area is 275 Å². The fraction of sp³-hybridized carbons (Fsp3) is 0.618. The van der Waals surface area contributed by atoms with Crippen LogP contribution in [0.15, 0.2) is 60.8 Å². The smallest absolute Gasteiger partial charge is 0.472 e. The number of unbranched alkanes of at least 4 members (excludes halogenated alkanes) is 5. The standard InChI is InChI=1S/C34H56NO10P/c1-3-5-6-7-8-9-10-11-12-13-14-15-16-17-18-19-20-21-22-23-24-26-32(37)35-31(34(39)40)29-45-46(41,42)44-28-30(36)27-43-33(38)25-4-2/h5-6,8-9,11-12,14-15,17-18,30-31,36H,3-4,7,10,13,16,19-29H2,1-2H3,(H,35,37)(H,39,40)(H,41,42)/b6-5-,9-8-,12-11-,15-14-,18-17-. The van der Waals surface area contributed by atoms with Crippen molar-refractivity contribution in [3.8, 4) is 0 Å². The molecule has 0 radical (unpaired) electrons. The van der Waals surface area contributed by atoms with Crippen molar-refractivity contribution in [1.82, 2.24) is 5.32 Å². The van der Waals surface area contributed by atoms with Gasteiger partial charge in [0.05, 0.1) is 13.2 Å². The number of carbonyl (C=O) groups excluding carboxylic acids is 2. The molecular formula is C34H56NO10P. The largest absolute Gasteiger partial charge is 0.480 e. The molecule has 0 aromatic heterocycles. The molecule has 0 bridgehead atoms. The van der Waals surface area contributed by atoms with Gasteiger partial charge in [0.15, 0.2) is 6.04 Å². The van der Waals surface area contributed by atoms with Gasteiger partial charge in [-0.15, -0.1) is 0 Å². The Morgan fingerprint density at radius 2 is 1.24 bits per heavy atom. The highest BCUT2D eigenvalue weighted by Crippen LogP contribution is 2.43. The highest BCUT2D eigenvalue weighted by atomic mass is 31.2. The molecule has 262 valence electrons. The summed E-state index contributed by atoms with van der Waals surface area (Å²) >= 11 is 0. The number of phosphoric ester groups is 1. The van der Waals surface area contributed by atoms with E-state index in [4.69, 9.17) is 4.74 Å². The molecule has 46 heavy (non-hydrogen) atoms. The van der Waals surface area contributed by atoms with E-state index in [2.05, 4.69) is 82.0 Å². The van der Waals surface area contributed by atoms with Gasteiger partial charge in [-0.1, -0.05) is 93.9 Å². The maximum absolute atomic E-state index is 12.2. The third-order valence-electron chi connectivity index (χ3n) is 6.29. The molecular weight excluding hydrogens is 613 g/mol. The van der Waals surface area contributed by atoms with Gasteiger partial charge in [0.25, 0.3) is 0 Å². The van der Waals surface area contributed by atoms with Gasteiger partial charge >= 0.3 is 19.8 Å². The number of carboxylic acid groups (broad SMARTS) is 1. The number of rotatable bonds is 29. The van der Waals surface area contributed by atoms with Crippen LogP contribution in [0.1, 0.15) is 104 Å². The van der Waals surface area contributed by atoms with E-state index < -0.39 is 57.6 Å². The molecule has 12 heteroatoms. The average molecular weight is 670 g/mol. The molecule has 0 spiro atoms. The summed E-state index contributed by atoms with van der Waals surface area (Å²) in [7, 11) is -4.73. The summed E-state index contributed by atoms with van der Waals surface area (Å²) in [5.74, 6) is -2.47. The molecule has 0 aliphatic carbocycles. The number of phosphoric acid groups is 1. The maximum Gasteiger partial charge on any atom is 0.472 e. The SMILES string of the molecule is CC/C=C\C/C=C\C/C=C\C/C=C\C/C=C\CCCCCCCC(=O)NC(COP(=O)(O)OCC(O)COC(=O)CCC)C(=O)O. The van der Waals surface area contributed by atoms with Crippen LogP contribution in [0.5, 0.6) is 0 Å². The molecule has 1 amide bonds. The van der Waals surface area contributed by atoms with E-state index in [0.717, 1.165) is 64.2 Å². The van der Waals surface area contributed by atoms with Crippen molar-refractivity contribution in [2.45, 2.75) is 116 Å². The van der Waals surface area contributed by atoms with Gasteiger partial charge in [0, 0.05) is 12.8 Å². The molecule has 0 heterocycles. The third kappa shape index (κ3) is 28.6. The number of carboxylic acids is 1. The van der Waals surface area contributed by atoms with Gasteiger partial charge in [0.1, 0.15) is 12.7 Å². The molecule has 11 nitrogen and oxygen atoms in total. The fourth-order valence-corrected chi connectivity index (χ4v) is 4.56. The van der Waals surface area contributed by atoms with Crippen LogP contribution in [-0.2, 0) is 32.7 Å². The predicted molar refractivity (Wildman–Crippen MR) is 180 cm³/mol. The fourth-order valence-electron chi connectivity index (χ4n) is 3.79. The molecule has 3 unspecified atom stereocenters. The number of nitrogens with one attached hydrogen (secondary N) is 1. The number of allylic oxidation sites excluding steroid dienone is 10. The van der Waals surface area contributed by atoms with Crippen LogP contribution in [0.2, 0.25) is 0 Å². The third-order valence-corrected chi connectivity index (χ3v) is 7.24. The minimum absolute atomic E-state index is 0.120. The second kappa shape index (κ2) is 29.6. The van der Waals surface area contributed by atoms with Crippen LogP contribution in [0.4, 0.5) is 0 Å². The normalized spacial score (nSPS) is 14.9. The van der Waals surface area contributed by atoms with E-state index in [9.17, 15) is 34.1 Å². The lowest BCUT2D eigenvalue weighted by Gasteiger charge is -2.18. The molecule has 0 saturated carbocycles. The molecule has 0 aliphatic rings. The van der Waals surface area contributed by atoms with E-state index in [-0.39, 0.29) is 12.8 Å². The number of hydrogen-bond donors (Lipinski definition) is 4. The van der Waals surface area contributed by atoms with Crippen LogP contribution in [0.3, 0.4) is 0 Å². The van der Waals surface area contributed by atoms with Crippen molar-refractivity contribution in [2.24, 2.45) is 0 Å².